The molecule has 0 aliphatic carbocycles. The van der Waals surface area contributed by atoms with E-state index in [2.05, 4.69) is 10.3 Å². The maximum Gasteiger partial charge on any atom is 0.329 e. The van der Waals surface area contributed by atoms with Gasteiger partial charge in [0.05, 0.1) is 11.6 Å². The Bertz CT molecular complexity index is 649. The zero-order valence-corrected chi connectivity index (χ0v) is 10.0. The summed E-state index contributed by atoms with van der Waals surface area (Å²) in [6, 6.07) is 1.75. The summed E-state index contributed by atoms with van der Waals surface area (Å²) in [6.07, 6.45) is 1.88. The van der Waals surface area contributed by atoms with Crippen molar-refractivity contribution < 1.29 is 0 Å². The maximum atomic E-state index is 12.2. The van der Waals surface area contributed by atoms with Gasteiger partial charge in [0.25, 0.3) is 5.56 Å². The molecule has 0 unspecified atom stereocenters. The second kappa shape index (κ2) is 4.12. The van der Waals surface area contributed by atoms with Crippen LogP contribution in [0.5, 0.6) is 0 Å². The first kappa shape index (κ1) is 10.7. The first-order valence-electron chi connectivity index (χ1n) is 5.70. The van der Waals surface area contributed by atoms with Crippen LogP contribution >= 0.6 is 11.3 Å². The number of H-pyrrole nitrogens is 1. The fourth-order valence-electron chi connectivity index (χ4n) is 2.34. The van der Waals surface area contributed by atoms with E-state index in [9.17, 15) is 9.59 Å². The largest absolute Gasteiger partial charge is 0.329 e. The molecule has 6 heteroatoms. The maximum absolute atomic E-state index is 12.2. The molecule has 1 aliphatic heterocycles. The molecule has 3 rings (SSSR count). The Labute approximate surface area is 101 Å². The predicted molar refractivity (Wildman–Crippen MR) is 67.8 cm³/mol. The minimum Gasteiger partial charge on any atom is -0.315 e. The standard InChI is InChI=1S/C11H13N3O2S/c15-10-9-8(3-5-17-9)13-11(16)14(10)7-2-1-4-12-6-7/h3,5,7,12H,1-2,4,6H2,(H,13,16)/t7-/m0/s1. The van der Waals surface area contributed by atoms with E-state index >= 15 is 0 Å². The molecule has 0 radical (unpaired) electrons. The quantitative estimate of drug-likeness (QED) is 0.783. The molecule has 17 heavy (non-hydrogen) atoms. The van der Waals surface area contributed by atoms with E-state index in [1.165, 1.54) is 15.9 Å². The molecule has 1 fully saturated rings. The minimum absolute atomic E-state index is 0.0218. The number of hydrogen-bond acceptors (Lipinski definition) is 4. The molecule has 0 aromatic carbocycles. The van der Waals surface area contributed by atoms with Gasteiger partial charge in [0.15, 0.2) is 0 Å². The van der Waals surface area contributed by atoms with Gasteiger partial charge in [-0.2, -0.15) is 0 Å². The molecule has 5 nitrogen and oxygen atoms in total. The van der Waals surface area contributed by atoms with Crippen LogP contribution in [0.1, 0.15) is 18.9 Å². The molecule has 0 spiro atoms. The van der Waals surface area contributed by atoms with Crippen LogP contribution in [0.25, 0.3) is 10.2 Å². The molecule has 2 aromatic rings. The molecule has 1 saturated heterocycles. The van der Waals surface area contributed by atoms with Gasteiger partial charge in [-0.15, -0.1) is 11.3 Å². The van der Waals surface area contributed by atoms with Crippen molar-refractivity contribution >= 4 is 21.6 Å². The van der Waals surface area contributed by atoms with E-state index < -0.39 is 0 Å². The van der Waals surface area contributed by atoms with Gasteiger partial charge in [-0.25, -0.2) is 4.79 Å². The van der Waals surface area contributed by atoms with Crippen LogP contribution in [0.15, 0.2) is 21.0 Å². The summed E-state index contributed by atoms with van der Waals surface area (Å²) in [5, 5.41) is 5.05. The van der Waals surface area contributed by atoms with Crippen LogP contribution in [-0.2, 0) is 0 Å². The highest BCUT2D eigenvalue weighted by Gasteiger charge is 2.19. The molecular formula is C11H13N3O2S. The Balaban J connectivity index is 2.20. The number of aromatic amines is 1. The lowest BCUT2D eigenvalue weighted by molar-refractivity contribution is 0.356. The molecule has 0 bridgehead atoms. The van der Waals surface area contributed by atoms with Crippen molar-refractivity contribution in [3.63, 3.8) is 0 Å². The first-order valence-corrected chi connectivity index (χ1v) is 6.58. The second-order valence-corrected chi connectivity index (χ2v) is 5.18. The fraction of sp³-hybridized carbons (Fsp3) is 0.455. The van der Waals surface area contributed by atoms with E-state index in [0.29, 0.717) is 16.8 Å². The van der Waals surface area contributed by atoms with Crippen LogP contribution in [0, 0.1) is 0 Å². The number of rotatable bonds is 1. The highest BCUT2D eigenvalue weighted by Crippen LogP contribution is 2.16. The third kappa shape index (κ3) is 1.73. The van der Waals surface area contributed by atoms with Crippen molar-refractivity contribution in [1.29, 1.82) is 0 Å². The Morgan fingerprint density at radius 3 is 3.06 bits per heavy atom. The summed E-state index contributed by atoms with van der Waals surface area (Å²) in [6.45, 7) is 1.66. The summed E-state index contributed by atoms with van der Waals surface area (Å²) in [5.41, 5.74) is 0.187. The lowest BCUT2D eigenvalue weighted by Gasteiger charge is -2.23. The summed E-state index contributed by atoms with van der Waals surface area (Å²) < 4.78 is 2.00. The van der Waals surface area contributed by atoms with Crippen LogP contribution in [0.3, 0.4) is 0 Å². The highest BCUT2D eigenvalue weighted by atomic mass is 32.1. The lowest BCUT2D eigenvalue weighted by atomic mass is 10.1. The average Bonchev–Trinajstić information content (AvgIpc) is 2.78. The molecule has 1 aliphatic rings. The van der Waals surface area contributed by atoms with Gasteiger partial charge >= 0.3 is 5.69 Å². The smallest absolute Gasteiger partial charge is 0.315 e. The number of nitrogens with zero attached hydrogens (tertiary/aromatic N) is 1. The number of fused-ring (bicyclic) bond motifs is 1. The highest BCUT2D eigenvalue weighted by molar-refractivity contribution is 7.17. The van der Waals surface area contributed by atoms with Crippen LogP contribution in [-0.4, -0.2) is 22.6 Å². The molecule has 3 heterocycles. The van der Waals surface area contributed by atoms with Gasteiger partial charge in [-0.05, 0) is 30.8 Å². The number of hydrogen-bond donors (Lipinski definition) is 2. The third-order valence-corrected chi connectivity index (χ3v) is 4.08. The van der Waals surface area contributed by atoms with Gasteiger partial charge < -0.3 is 10.3 Å². The monoisotopic (exact) mass is 251 g/mol. The molecule has 1 atom stereocenters. The molecule has 0 saturated carbocycles. The van der Waals surface area contributed by atoms with Gasteiger partial charge in [-0.1, -0.05) is 0 Å². The Kier molecular flexibility index (Phi) is 2.60. The van der Waals surface area contributed by atoms with Gasteiger partial charge in [-0.3, -0.25) is 9.36 Å². The summed E-state index contributed by atoms with van der Waals surface area (Å²) in [4.78, 5) is 26.9. The van der Waals surface area contributed by atoms with E-state index in [-0.39, 0.29) is 17.3 Å². The number of piperidine rings is 1. The average molecular weight is 251 g/mol. The van der Waals surface area contributed by atoms with Gasteiger partial charge in [0.1, 0.15) is 4.70 Å². The SMILES string of the molecule is O=c1[nH]c2ccsc2c(=O)n1[C@H]1CCCNC1. The second-order valence-electron chi connectivity index (χ2n) is 4.27. The van der Waals surface area contributed by atoms with E-state index in [0.717, 1.165) is 19.4 Å². The Hall–Kier alpha value is -1.40. The summed E-state index contributed by atoms with van der Waals surface area (Å²) in [5.74, 6) is 0. The Morgan fingerprint density at radius 1 is 1.41 bits per heavy atom. The van der Waals surface area contributed by atoms with Gasteiger partial charge in [0.2, 0.25) is 0 Å². The Morgan fingerprint density at radius 2 is 2.29 bits per heavy atom. The zero-order valence-electron chi connectivity index (χ0n) is 9.23. The predicted octanol–water partition coefficient (Wildman–Crippen LogP) is 0.676. The van der Waals surface area contributed by atoms with Crippen LogP contribution in [0.2, 0.25) is 0 Å². The number of nitrogens with one attached hydrogen (secondary N) is 2. The first-order chi connectivity index (χ1) is 8.27. The number of thiophene rings is 1. The van der Waals surface area contributed by atoms with Crippen molar-refractivity contribution in [2.24, 2.45) is 0 Å². The normalized spacial score (nSPS) is 20.8. The summed E-state index contributed by atoms with van der Waals surface area (Å²) >= 11 is 1.38. The van der Waals surface area contributed by atoms with E-state index in [4.69, 9.17) is 0 Å². The third-order valence-electron chi connectivity index (χ3n) is 3.17. The van der Waals surface area contributed by atoms with Crippen molar-refractivity contribution in [2.75, 3.05) is 13.1 Å². The topological polar surface area (TPSA) is 66.9 Å². The van der Waals surface area contributed by atoms with E-state index in [1.54, 1.807) is 6.07 Å². The van der Waals surface area contributed by atoms with Crippen LogP contribution < -0.4 is 16.6 Å². The molecule has 0 amide bonds. The minimum atomic E-state index is -0.297. The van der Waals surface area contributed by atoms with E-state index in [1.807, 2.05) is 5.38 Å². The van der Waals surface area contributed by atoms with Crippen molar-refractivity contribution in [2.45, 2.75) is 18.9 Å². The molecule has 2 N–H and O–H groups in total. The molecular weight excluding hydrogens is 238 g/mol. The fourth-order valence-corrected chi connectivity index (χ4v) is 3.12. The van der Waals surface area contributed by atoms with Gasteiger partial charge in [0, 0.05) is 6.54 Å². The summed E-state index contributed by atoms with van der Waals surface area (Å²) in [7, 11) is 0. The molecule has 90 valence electrons. The van der Waals surface area contributed by atoms with Crippen molar-refractivity contribution in [3.05, 3.63) is 32.3 Å². The lowest BCUT2D eigenvalue weighted by Crippen LogP contribution is -2.43. The number of aromatic nitrogens is 2. The van der Waals surface area contributed by atoms with Crippen molar-refractivity contribution in [1.82, 2.24) is 14.9 Å². The molecule has 2 aromatic heterocycles. The van der Waals surface area contributed by atoms with Crippen molar-refractivity contribution in [3.8, 4) is 0 Å². The zero-order chi connectivity index (χ0) is 11.8. The van der Waals surface area contributed by atoms with Crippen LogP contribution in [0.4, 0.5) is 0 Å².